The van der Waals surface area contributed by atoms with E-state index in [9.17, 15) is 9.18 Å². The molecule has 1 aromatic rings. The van der Waals surface area contributed by atoms with Gasteiger partial charge in [0.15, 0.2) is 0 Å². The first-order valence-electron chi connectivity index (χ1n) is 4.48. The molecular weight excluding hydrogens is 219 g/mol. The molecule has 0 bridgehead atoms. The van der Waals surface area contributed by atoms with Crippen LogP contribution in [0.3, 0.4) is 0 Å². The van der Waals surface area contributed by atoms with Gasteiger partial charge in [-0.2, -0.15) is 0 Å². The normalized spacial score (nSPS) is 12.0. The highest BCUT2D eigenvalue weighted by Gasteiger charge is 2.14. The van der Waals surface area contributed by atoms with Crippen LogP contribution in [0.25, 0.3) is 0 Å². The summed E-state index contributed by atoms with van der Waals surface area (Å²) in [7, 11) is 1.52. The van der Waals surface area contributed by atoms with Crippen molar-refractivity contribution in [3.05, 3.63) is 29.0 Å². The Kier molecular flexibility index (Phi) is 3.91. The summed E-state index contributed by atoms with van der Waals surface area (Å²) >= 11 is 5.79. The largest absolute Gasteiger partial charge is 0.370 e. The van der Waals surface area contributed by atoms with Crippen LogP contribution in [-0.2, 0) is 4.79 Å². The van der Waals surface area contributed by atoms with Crippen molar-refractivity contribution >= 4 is 23.2 Å². The SMILES string of the molecule is CNC(=O)C(C)Nc1c(F)cccc1Cl. The van der Waals surface area contributed by atoms with Crippen LogP contribution in [0.15, 0.2) is 18.2 Å². The number of amides is 1. The lowest BCUT2D eigenvalue weighted by Crippen LogP contribution is -2.35. The van der Waals surface area contributed by atoms with Gasteiger partial charge in [0.1, 0.15) is 11.9 Å². The van der Waals surface area contributed by atoms with Gasteiger partial charge in [-0.15, -0.1) is 0 Å². The molecule has 0 aliphatic heterocycles. The van der Waals surface area contributed by atoms with Crippen LogP contribution in [0, 0.1) is 5.82 Å². The first-order valence-corrected chi connectivity index (χ1v) is 4.86. The van der Waals surface area contributed by atoms with Crippen LogP contribution >= 0.6 is 11.6 Å². The third-order valence-electron chi connectivity index (χ3n) is 1.96. The quantitative estimate of drug-likeness (QED) is 0.834. The lowest BCUT2D eigenvalue weighted by atomic mass is 10.2. The number of para-hydroxylation sites is 1. The molecule has 1 rings (SSSR count). The van der Waals surface area contributed by atoms with Crippen LogP contribution < -0.4 is 10.6 Å². The summed E-state index contributed by atoms with van der Waals surface area (Å²) < 4.78 is 13.3. The van der Waals surface area contributed by atoms with Crippen molar-refractivity contribution < 1.29 is 9.18 Å². The second-order valence-electron chi connectivity index (χ2n) is 3.08. The minimum absolute atomic E-state index is 0.148. The van der Waals surface area contributed by atoms with Crippen molar-refractivity contribution in [3.8, 4) is 0 Å². The highest BCUT2D eigenvalue weighted by Crippen LogP contribution is 2.25. The molecule has 0 heterocycles. The average Bonchev–Trinajstić information content (AvgIpc) is 2.22. The van der Waals surface area contributed by atoms with Gasteiger partial charge < -0.3 is 10.6 Å². The number of halogens is 2. The first-order chi connectivity index (χ1) is 7.06. The minimum atomic E-state index is -0.538. The summed E-state index contributed by atoms with van der Waals surface area (Å²) in [6.07, 6.45) is 0. The topological polar surface area (TPSA) is 41.1 Å². The van der Waals surface area contributed by atoms with E-state index in [4.69, 9.17) is 11.6 Å². The van der Waals surface area contributed by atoms with Gasteiger partial charge in [0.2, 0.25) is 5.91 Å². The second-order valence-corrected chi connectivity index (χ2v) is 3.48. The number of carbonyl (C=O) groups excluding carboxylic acids is 1. The van der Waals surface area contributed by atoms with Crippen molar-refractivity contribution in [1.82, 2.24) is 5.32 Å². The van der Waals surface area contributed by atoms with E-state index in [0.717, 1.165) is 0 Å². The molecule has 5 heteroatoms. The maximum atomic E-state index is 13.3. The predicted octanol–water partition coefficient (Wildman–Crippen LogP) is 2.03. The van der Waals surface area contributed by atoms with Crippen molar-refractivity contribution in [2.75, 3.05) is 12.4 Å². The van der Waals surface area contributed by atoms with Gasteiger partial charge >= 0.3 is 0 Å². The first kappa shape index (κ1) is 11.8. The molecule has 82 valence electrons. The Bertz CT molecular complexity index is 350. The van der Waals surface area contributed by atoms with E-state index < -0.39 is 11.9 Å². The zero-order chi connectivity index (χ0) is 11.4. The molecule has 1 amide bonds. The molecule has 1 atom stereocenters. The fourth-order valence-corrected chi connectivity index (χ4v) is 1.35. The molecule has 1 aromatic carbocycles. The molecule has 0 spiro atoms. The molecule has 3 nitrogen and oxygen atoms in total. The highest BCUT2D eigenvalue weighted by atomic mass is 35.5. The number of anilines is 1. The van der Waals surface area contributed by atoms with Gasteiger partial charge in [-0.3, -0.25) is 4.79 Å². The van der Waals surface area contributed by atoms with E-state index in [1.165, 1.54) is 19.2 Å². The summed E-state index contributed by atoms with van der Waals surface area (Å²) in [5.74, 6) is -0.701. The van der Waals surface area contributed by atoms with Crippen molar-refractivity contribution in [1.29, 1.82) is 0 Å². The molecule has 0 aliphatic carbocycles. The van der Waals surface area contributed by atoms with Crippen molar-refractivity contribution in [3.63, 3.8) is 0 Å². The van der Waals surface area contributed by atoms with Gasteiger partial charge in [-0.25, -0.2) is 4.39 Å². The van der Waals surface area contributed by atoms with Gasteiger partial charge in [0.05, 0.1) is 10.7 Å². The Morgan fingerprint density at radius 1 is 1.53 bits per heavy atom. The number of hydrogen-bond donors (Lipinski definition) is 2. The summed E-state index contributed by atoms with van der Waals surface area (Å²) in [5.41, 5.74) is 0.148. The molecule has 0 aromatic heterocycles. The summed E-state index contributed by atoms with van der Waals surface area (Å²) in [6, 6.07) is 3.81. The van der Waals surface area contributed by atoms with Crippen LogP contribution in [0.4, 0.5) is 10.1 Å². The number of rotatable bonds is 3. The number of benzene rings is 1. The van der Waals surface area contributed by atoms with Gasteiger partial charge in [0, 0.05) is 7.05 Å². The van der Waals surface area contributed by atoms with E-state index in [1.807, 2.05) is 0 Å². The predicted molar refractivity (Wildman–Crippen MR) is 58.6 cm³/mol. The third-order valence-corrected chi connectivity index (χ3v) is 2.28. The maximum Gasteiger partial charge on any atom is 0.241 e. The van der Waals surface area contributed by atoms with E-state index in [0.29, 0.717) is 0 Å². The van der Waals surface area contributed by atoms with E-state index in [2.05, 4.69) is 10.6 Å². The molecular formula is C10H12ClFN2O. The van der Waals surface area contributed by atoms with Crippen LogP contribution in [0.2, 0.25) is 5.02 Å². The minimum Gasteiger partial charge on any atom is -0.370 e. The Labute approximate surface area is 92.6 Å². The standard InChI is InChI=1S/C10H12ClFN2O/c1-6(10(15)13-2)14-9-7(11)4-3-5-8(9)12/h3-6,14H,1-2H3,(H,13,15). The van der Waals surface area contributed by atoms with Crippen LogP contribution in [-0.4, -0.2) is 19.0 Å². The molecule has 2 N–H and O–H groups in total. The fraction of sp³-hybridized carbons (Fsp3) is 0.300. The van der Waals surface area contributed by atoms with Gasteiger partial charge in [-0.05, 0) is 19.1 Å². The summed E-state index contributed by atoms with van der Waals surface area (Å²) in [6.45, 7) is 1.63. The zero-order valence-electron chi connectivity index (χ0n) is 8.47. The molecule has 0 saturated heterocycles. The van der Waals surface area contributed by atoms with Crippen molar-refractivity contribution in [2.45, 2.75) is 13.0 Å². The highest BCUT2D eigenvalue weighted by molar-refractivity contribution is 6.33. The molecule has 15 heavy (non-hydrogen) atoms. The fourth-order valence-electron chi connectivity index (χ4n) is 1.13. The molecule has 0 radical (unpaired) electrons. The zero-order valence-corrected chi connectivity index (χ0v) is 9.23. The van der Waals surface area contributed by atoms with Gasteiger partial charge in [0.25, 0.3) is 0 Å². The van der Waals surface area contributed by atoms with Crippen LogP contribution in [0.5, 0.6) is 0 Å². The third kappa shape index (κ3) is 2.83. The molecule has 0 fully saturated rings. The monoisotopic (exact) mass is 230 g/mol. The lowest BCUT2D eigenvalue weighted by Gasteiger charge is -2.15. The Morgan fingerprint density at radius 2 is 2.20 bits per heavy atom. The number of hydrogen-bond acceptors (Lipinski definition) is 2. The Hall–Kier alpha value is -1.29. The van der Waals surface area contributed by atoms with E-state index >= 15 is 0 Å². The maximum absolute atomic E-state index is 13.3. The number of likely N-dealkylation sites (N-methyl/N-ethyl adjacent to an activating group) is 1. The van der Waals surface area contributed by atoms with Gasteiger partial charge in [-0.1, -0.05) is 17.7 Å². The molecule has 1 unspecified atom stereocenters. The lowest BCUT2D eigenvalue weighted by molar-refractivity contribution is -0.121. The summed E-state index contributed by atoms with van der Waals surface area (Å²) in [5, 5.41) is 5.42. The van der Waals surface area contributed by atoms with E-state index in [-0.39, 0.29) is 16.6 Å². The van der Waals surface area contributed by atoms with E-state index in [1.54, 1.807) is 13.0 Å². The molecule has 0 aliphatic rings. The molecule has 0 saturated carbocycles. The summed E-state index contributed by atoms with van der Waals surface area (Å²) in [4.78, 5) is 11.2. The number of nitrogens with one attached hydrogen (secondary N) is 2. The Balaban J connectivity index is 2.85. The Morgan fingerprint density at radius 3 is 2.73 bits per heavy atom. The average molecular weight is 231 g/mol. The van der Waals surface area contributed by atoms with Crippen LogP contribution in [0.1, 0.15) is 6.92 Å². The number of carbonyl (C=O) groups is 1. The van der Waals surface area contributed by atoms with Crippen molar-refractivity contribution in [2.24, 2.45) is 0 Å². The second kappa shape index (κ2) is 4.98. The smallest absolute Gasteiger partial charge is 0.241 e.